The van der Waals surface area contributed by atoms with Crippen molar-refractivity contribution in [1.82, 2.24) is 0 Å². The molecule has 0 aromatic heterocycles. The summed E-state index contributed by atoms with van der Waals surface area (Å²) in [6.45, 7) is 0. The second-order valence-electron chi connectivity index (χ2n) is 5.99. The highest BCUT2D eigenvalue weighted by Gasteiger charge is 2.22. The predicted octanol–water partition coefficient (Wildman–Crippen LogP) is 5.27. The molecule has 5 rings (SSSR count). The van der Waals surface area contributed by atoms with Crippen molar-refractivity contribution in [1.29, 1.82) is 0 Å². The number of phenols is 1. The number of hydrogen-bond donors (Lipinski definition) is 1. The minimum absolute atomic E-state index is 0.335. The third-order valence-electron chi connectivity index (χ3n) is 4.80. The average molecular weight is 282 g/mol. The zero-order chi connectivity index (χ0) is 14.7. The first-order chi connectivity index (χ1) is 10.8. The third kappa shape index (κ3) is 1.48. The fourth-order valence-electron chi connectivity index (χ4n) is 3.77. The lowest BCUT2D eigenvalue weighted by Gasteiger charge is -2.06. The standard InChI is InChI=1S/C21H14O/c22-15-8-5-14-7-10-18-17-9-6-13-3-1-2-4-16(13)20(17)12-21(18)19(14)11-15/h1-11,22H,12H2. The van der Waals surface area contributed by atoms with E-state index in [2.05, 4.69) is 48.5 Å². The fourth-order valence-corrected chi connectivity index (χ4v) is 3.77. The highest BCUT2D eigenvalue weighted by atomic mass is 16.3. The molecule has 0 bridgehead atoms. The quantitative estimate of drug-likeness (QED) is 0.410. The van der Waals surface area contributed by atoms with Crippen LogP contribution in [0.4, 0.5) is 0 Å². The second-order valence-corrected chi connectivity index (χ2v) is 5.99. The maximum absolute atomic E-state index is 9.85. The number of benzene rings is 4. The number of fused-ring (bicyclic) bond motifs is 7. The Labute approximate surface area is 128 Å². The van der Waals surface area contributed by atoms with Crippen molar-refractivity contribution < 1.29 is 5.11 Å². The Balaban J connectivity index is 1.87. The van der Waals surface area contributed by atoms with Gasteiger partial charge in [-0.2, -0.15) is 0 Å². The van der Waals surface area contributed by atoms with E-state index < -0.39 is 0 Å². The minimum Gasteiger partial charge on any atom is -0.508 e. The van der Waals surface area contributed by atoms with Crippen LogP contribution in [0.3, 0.4) is 0 Å². The van der Waals surface area contributed by atoms with E-state index in [-0.39, 0.29) is 0 Å². The van der Waals surface area contributed by atoms with Gasteiger partial charge in [0.25, 0.3) is 0 Å². The normalized spacial score (nSPS) is 12.5. The maximum Gasteiger partial charge on any atom is 0.116 e. The van der Waals surface area contributed by atoms with Crippen LogP contribution < -0.4 is 0 Å². The Morgan fingerprint density at radius 2 is 1.27 bits per heavy atom. The molecular weight excluding hydrogens is 268 g/mol. The summed E-state index contributed by atoms with van der Waals surface area (Å²) in [5.74, 6) is 0.335. The molecule has 1 aliphatic carbocycles. The van der Waals surface area contributed by atoms with Gasteiger partial charge in [-0.15, -0.1) is 0 Å². The molecule has 0 heterocycles. The summed E-state index contributed by atoms with van der Waals surface area (Å²) in [6, 6.07) is 23.0. The monoisotopic (exact) mass is 282 g/mol. The van der Waals surface area contributed by atoms with E-state index in [9.17, 15) is 5.11 Å². The van der Waals surface area contributed by atoms with Crippen molar-refractivity contribution in [2.24, 2.45) is 0 Å². The summed E-state index contributed by atoms with van der Waals surface area (Å²) in [7, 11) is 0. The number of aromatic hydroxyl groups is 1. The summed E-state index contributed by atoms with van der Waals surface area (Å²) < 4.78 is 0. The minimum atomic E-state index is 0.335. The van der Waals surface area contributed by atoms with Crippen LogP contribution in [0.1, 0.15) is 11.1 Å². The fraction of sp³-hybridized carbons (Fsp3) is 0.0476. The van der Waals surface area contributed by atoms with Gasteiger partial charge in [0.05, 0.1) is 0 Å². The summed E-state index contributed by atoms with van der Waals surface area (Å²) in [6.07, 6.45) is 0.937. The van der Waals surface area contributed by atoms with Gasteiger partial charge in [0.2, 0.25) is 0 Å². The lowest BCUT2D eigenvalue weighted by Crippen LogP contribution is -1.85. The SMILES string of the molecule is Oc1ccc2ccc3c(c2c1)Cc1c-3ccc2ccccc12. The molecule has 0 atom stereocenters. The second kappa shape index (κ2) is 4.11. The number of rotatable bonds is 0. The van der Waals surface area contributed by atoms with Gasteiger partial charge < -0.3 is 5.11 Å². The lowest BCUT2D eigenvalue weighted by molar-refractivity contribution is 0.476. The Hall–Kier alpha value is -2.80. The van der Waals surface area contributed by atoms with Crippen LogP contribution in [-0.2, 0) is 6.42 Å². The van der Waals surface area contributed by atoms with Crippen molar-refractivity contribution in [3.8, 4) is 16.9 Å². The van der Waals surface area contributed by atoms with E-state index in [0.717, 1.165) is 11.8 Å². The van der Waals surface area contributed by atoms with Crippen LogP contribution in [0.2, 0.25) is 0 Å². The van der Waals surface area contributed by atoms with Crippen LogP contribution in [0.5, 0.6) is 5.75 Å². The smallest absolute Gasteiger partial charge is 0.116 e. The topological polar surface area (TPSA) is 20.2 Å². The Morgan fingerprint density at radius 3 is 2.09 bits per heavy atom. The van der Waals surface area contributed by atoms with Crippen molar-refractivity contribution >= 4 is 21.5 Å². The highest BCUT2D eigenvalue weighted by Crippen LogP contribution is 2.43. The number of phenolic OH excluding ortho intramolecular Hbond substituents is 1. The molecule has 0 radical (unpaired) electrons. The molecule has 4 aromatic carbocycles. The van der Waals surface area contributed by atoms with Crippen LogP contribution in [0.15, 0.2) is 66.7 Å². The van der Waals surface area contributed by atoms with E-state index >= 15 is 0 Å². The van der Waals surface area contributed by atoms with Gasteiger partial charge in [-0.05, 0) is 62.4 Å². The first-order valence-electron chi connectivity index (χ1n) is 7.57. The van der Waals surface area contributed by atoms with E-state index in [1.54, 1.807) is 6.07 Å². The van der Waals surface area contributed by atoms with Crippen LogP contribution in [-0.4, -0.2) is 5.11 Å². The molecule has 0 amide bonds. The van der Waals surface area contributed by atoms with E-state index in [0.29, 0.717) is 5.75 Å². The highest BCUT2D eigenvalue weighted by molar-refractivity contribution is 6.01. The Morgan fingerprint density at radius 1 is 0.636 bits per heavy atom. The maximum atomic E-state index is 9.85. The first kappa shape index (κ1) is 11.8. The summed E-state index contributed by atoms with van der Waals surface area (Å²) in [5.41, 5.74) is 5.38. The third-order valence-corrected chi connectivity index (χ3v) is 4.80. The van der Waals surface area contributed by atoms with E-state index in [1.165, 1.54) is 38.4 Å². The molecule has 1 heteroatoms. The van der Waals surface area contributed by atoms with Gasteiger partial charge in [0.1, 0.15) is 5.75 Å². The zero-order valence-electron chi connectivity index (χ0n) is 12.0. The molecule has 104 valence electrons. The van der Waals surface area contributed by atoms with Gasteiger partial charge in [-0.1, -0.05) is 54.6 Å². The van der Waals surface area contributed by atoms with Crippen LogP contribution in [0, 0.1) is 0 Å². The molecule has 0 saturated heterocycles. The Bertz CT molecular complexity index is 1060. The van der Waals surface area contributed by atoms with Crippen molar-refractivity contribution in [2.75, 3.05) is 0 Å². The van der Waals surface area contributed by atoms with Crippen molar-refractivity contribution in [2.45, 2.75) is 6.42 Å². The van der Waals surface area contributed by atoms with Gasteiger partial charge in [0, 0.05) is 0 Å². The largest absolute Gasteiger partial charge is 0.508 e. The van der Waals surface area contributed by atoms with Crippen LogP contribution >= 0.6 is 0 Å². The molecule has 1 nitrogen and oxygen atoms in total. The molecule has 1 aliphatic rings. The van der Waals surface area contributed by atoms with Gasteiger partial charge in [-0.3, -0.25) is 0 Å². The molecule has 0 saturated carbocycles. The predicted molar refractivity (Wildman–Crippen MR) is 91.4 cm³/mol. The van der Waals surface area contributed by atoms with E-state index in [1.807, 2.05) is 12.1 Å². The van der Waals surface area contributed by atoms with Crippen molar-refractivity contribution in [3.05, 3.63) is 77.9 Å². The zero-order valence-corrected chi connectivity index (χ0v) is 12.0. The summed E-state index contributed by atoms with van der Waals surface area (Å²) in [5, 5.41) is 14.8. The summed E-state index contributed by atoms with van der Waals surface area (Å²) in [4.78, 5) is 0. The van der Waals surface area contributed by atoms with Gasteiger partial charge >= 0.3 is 0 Å². The molecule has 0 aliphatic heterocycles. The molecule has 22 heavy (non-hydrogen) atoms. The molecule has 1 N–H and O–H groups in total. The molecule has 0 fully saturated rings. The lowest BCUT2D eigenvalue weighted by atomic mass is 9.98. The molecular formula is C21H14O. The summed E-state index contributed by atoms with van der Waals surface area (Å²) >= 11 is 0. The molecule has 4 aromatic rings. The molecule has 0 spiro atoms. The Kier molecular flexibility index (Phi) is 2.21. The van der Waals surface area contributed by atoms with Crippen molar-refractivity contribution in [3.63, 3.8) is 0 Å². The average Bonchev–Trinajstić information content (AvgIpc) is 2.94. The van der Waals surface area contributed by atoms with Gasteiger partial charge in [-0.25, -0.2) is 0 Å². The van der Waals surface area contributed by atoms with Gasteiger partial charge in [0.15, 0.2) is 0 Å². The number of hydrogen-bond acceptors (Lipinski definition) is 1. The van der Waals surface area contributed by atoms with E-state index in [4.69, 9.17) is 0 Å². The first-order valence-corrected chi connectivity index (χ1v) is 7.57. The molecule has 0 unspecified atom stereocenters. The van der Waals surface area contributed by atoms with Crippen LogP contribution in [0.25, 0.3) is 32.7 Å².